The van der Waals surface area contributed by atoms with Crippen LogP contribution in [0.4, 0.5) is 0 Å². The lowest BCUT2D eigenvalue weighted by molar-refractivity contribution is 0.0599. The van der Waals surface area contributed by atoms with Gasteiger partial charge in [-0.3, -0.25) is 0 Å². The Morgan fingerprint density at radius 3 is 2.71 bits per heavy atom. The van der Waals surface area contributed by atoms with Crippen molar-refractivity contribution in [3.8, 4) is 0 Å². The number of esters is 1. The summed E-state index contributed by atoms with van der Waals surface area (Å²) in [5.74, 6) is -0.338. The number of sulfone groups is 1. The van der Waals surface area contributed by atoms with Crippen LogP contribution in [0.15, 0.2) is 17.0 Å². The Hall–Kier alpha value is -1.36. The van der Waals surface area contributed by atoms with Crippen molar-refractivity contribution in [3.63, 3.8) is 0 Å². The topological polar surface area (TPSA) is 60.4 Å². The van der Waals surface area contributed by atoms with Gasteiger partial charge in [0, 0.05) is 0 Å². The van der Waals surface area contributed by atoms with Gasteiger partial charge < -0.3 is 4.74 Å². The molecule has 0 N–H and O–H groups in total. The fourth-order valence-electron chi connectivity index (χ4n) is 2.13. The first-order chi connectivity index (χ1) is 7.95. The number of carbonyl (C=O) groups is 1. The lowest BCUT2D eigenvalue weighted by Crippen LogP contribution is -2.18. The zero-order valence-electron chi connectivity index (χ0n) is 9.82. The van der Waals surface area contributed by atoms with E-state index in [1.54, 1.807) is 13.0 Å². The third-order valence-corrected chi connectivity index (χ3v) is 4.88. The highest BCUT2D eigenvalue weighted by Gasteiger charge is 2.26. The Bertz CT molecular complexity index is 572. The average Bonchev–Trinajstić information content (AvgIpc) is 2.27. The van der Waals surface area contributed by atoms with Crippen molar-refractivity contribution in [2.45, 2.75) is 24.7 Å². The maximum absolute atomic E-state index is 11.9. The quantitative estimate of drug-likeness (QED) is 0.713. The summed E-state index contributed by atoms with van der Waals surface area (Å²) in [6.45, 7) is 1.79. The van der Waals surface area contributed by atoms with Gasteiger partial charge in [-0.05, 0) is 37.0 Å². The SMILES string of the molecule is COC(=O)c1cc2c(cc1C)CCCS2(=O)=O. The predicted octanol–water partition coefficient (Wildman–Crippen LogP) is 1.50. The van der Waals surface area contributed by atoms with Gasteiger partial charge >= 0.3 is 5.97 Å². The second kappa shape index (κ2) is 4.14. The van der Waals surface area contributed by atoms with Gasteiger partial charge in [0.05, 0.1) is 23.3 Å². The van der Waals surface area contributed by atoms with Crippen LogP contribution < -0.4 is 0 Å². The van der Waals surface area contributed by atoms with E-state index in [1.807, 2.05) is 0 Å². The van der Waals surface area contributed by atoms with Gasteiger partial charge in [0.2, 0.25) is 0 Å². The van der Waals surface area contributed by atoms with Gasteiger partial charge in [-0.15, -0.1) is 0 Å². The molecule has 0 unspecified atom stereocenters. The van der Waals surface area contributed by atoms with E-state index in [0.717, 1.165) is 17.5 Å². The Kier molecular flexibility index (Phi) is 2.95. The highest BCUT2D eigenvalue weighted by Crippen LogP contribution is 2.28. The number of carbonyl (C=O) groups excluding carboxylic acids is 1. The monoisotopic (exact) mass is 254 g/mol. The van der Waals surface area contributed by atoms with E-state index in [4.69, 9.17) is 0 Å². The molecule has 1 aromatic rings. The zero-order chi connectivity index (χ0) is 12.6. The number of rotatable bonds is 1. The maximum Gasteiger partial charge on any atom is 0.338 e. The van der Waals surface area contributed by atoms with E-state index < -0.39 is 15.8 Å². The number of ether oxygens (including phenoxy) is 1. The Morgan fingerprint density at radius 1 is 1.35 bits per heavy atom. The van der Waals surface area contributed by atoms with E-state index in [0.29, 0.717) is 12.0 Å². The Balaban J connectivity index is 2.65. The predicted molar refractivity (Wildman–Crippen MR) is 62.9 cm³/mol. The molecule has 0 aliphatic carbocycles. The van der Waals surface area contributed by atoms with Gasteiger partial charge in [-0.2, -0.15) is 0 Å². The van der Waals surface area contributed by atoms with Crippen LogP contribution >= 0.6 is 0 Å². The summed E-state index contributed by atoms with van der Waals surface area (Å²) >= 11 is 0. The summed E-state index contributed by atoms with van der Waals surface area (Å²) in [4.78, 5) is 11.8. The third kappa shape index (κ3) is 2.07. The molecule has 92 valence electrons. The molecular weight excluding hydrogens is 240 g/mol. The minimum atomic E-state index is -3.23. The number of hydrogen-bond donors (Lipinski definition) is 0. The number of benzene rings is 1. The van der Waals surface area contributed by atoms with E-state index in [-0.39, 0.29) is 10.6 Å². The molecule has 4 nitrogen and oxygen atoms in total. The normalized spacial score (nSPS) is 17.3. The highest BCUT2D eigenvalue weighted by atomic mass is 32.2. The molecule has 0 fully saturated rings. The first-order valence-corrected chi connectivity index (χ1v) is 7.05. The summed E-state index contributed by atoms with van der Waals surface area (Å²) < 4.78 is 28.4. The van der Waals surface area contributed by atoms with Gasteiger partial charge in [0.15, 0.2) is 9.84 Å². The smallest absolute Gasteiger partial charge is 0.338 e. The number of aryl methyl sites for hydroxylation is 2. The van der Waals surface area contributed by atoms with Gasteiger partial charge in [-0.1, -0.05) is 6.07 Å². The lowest BCUT2D eigenvalue weighted by atomic mass is 10.0. The molecule has 0 saturated carbocycles. The van der Waals surface area contributed by atoms with Crippen molar-refractivity contribution in [2.75, 3.05) is 12.9 Å². The molecule has 5 heteroatoms. The summed E-state index contributed by atoms with van der Waals surface area (Å²) in [5.41, 5.74) is 1.89. The van der Waals surface area contributed by atoms with Crippen LogP contribution in [0.2, 0.25) is 0 Å². The molecule has 2 rings (SSSR count). The van der Waals surface area contributed by atoms with Crippen LogP contribution in [0.25, 0.3) is 0 Å². The molecule has 0 amide bonds. The third-order valence-electron chi connectivity index (χ3n) is 3.01. The number of methoxy groups -OCH3 is 1. The van der Waals surface area contributed by atoms with Gasteiger partial charge in [0.1, 0.15) is 0 Å². The number of hydrogen-bond acceptors (Lipinski definition) is 4. The molecule has 1 aliphatic rings. The van der Waals surface area contributed by atoms with Gasteiger partial charge in [0.25, 0.3) is 0 Å². The molecule has 1 heterocycles. The summed E-state index contributed by atoms with van der Waals surface area (Å²) in [7, 11) is -1.94. The molecule has 1 aromatic carbocycles. The van der Waals surface area contributed by atoms with E-state index >= 15 is 0 Å². The highest BCUT2D eigenvalue weighted by molar-refractivity contribution is 7.91. The molecule has 0 spiro atoms. The van der Waals surface area contributed by atoms with Gasteiger partial charge in [-0.25, -0.2) is 13.2 Å². The minimum absolute atomic E-state index is 0.156. The summed E-state index contributed by atoms with van der Waals surface area (Å²) in [6, 6.07) is 3.23. The second-order valence-corrected chi connectivity index (χ2v) is 6.27. The largest absolute Gasteiger partial charge is 0.465 e. The van der Waals surface area contributed by atoms with Crippen LogP contribution in [-0.2, 0) is 21.0 Å². The van der Waals surface area contributed by atoms with Crippen LogP contribution in [0.3, 0.4) is 0 Å². The Morgan fingerprint density at radius 2 is 2.06 bits per heavy atom. The molecule has 0 aromatic heterocycles. The fraction of sp³-hybridized carbons (Fsp3) is 0.417. The average molecular weight is 254 g/mol. The fourth-order valence-corrected chi connectivity index (χ4v) is 3.73. The number of fused-ring (bicyclic) bond motifs is 1. The molecule has 0 bridgehead atoms. The van der Waals surface area contributed by atoms with E-state index in [9.17, 15) is 13.2 Å². The standard InChI is InChI=1S/C12H14O4S/c1-8-6-9-4-3-5-17(14,15)11(9)7-10(8)12(13)16-2/h6-7H,3-5H2,1-2H3. The zero-order valence-corrected chi connectivity index (χ0v) is 10.6. The van der Waals surface area contributed by atoms with Crippen LogP contribution in [0, 0.1) is 6.92 Å². The van der Waals surface area contributed by atoms with E-state index in [2.05, 4.69) is 4.74 Å². The first-order valence-electron chi connectivity index (χ1n) is 5.40. The van der Waals surface area contributed by atoms with Crippen molar-refractivity contribution in [1.82, 2.24) is 0 Å². The molecule has 0 atom stereocenters. The van der Waals surface area contributed by atoms with Crippen molar-refractivity contribution in [1.29, 1.82) is 0 Å². The van der Waals surface area contributed by atoms with E-state index in [1.165, 1.54) is 13.2 Å². The van der Waals surface area contributed by atoms with Crippen LogP contribution in [0.5, 0.6) is 0 Å². The lowest BCUT2D eigenvalue weighted by Gasteiger charge is -2.18. The van der Waals surface area contributed by atoms with Crippen molar-refractivity contribution >= 4 is 15.8 Å². The molecule has 17 heavy (non-hydrogen) atoms. The molecule has 0 saturated heterocycles. The van der Waals surface area contributed by atoms with Crippen LogP contribution in [-0.4, -0.2) is 27.2 Å². The van der Waals surface area contributed by atoms with Crippen molar-refractivity contribution in [3.05, 3.63) is 28.8 Å². The molecular formula is C12H14O4S. The minimum Gasteiger partial charge on any atom is -0.465 e. The summed E-state index contributed by atoms with van der Waals surface area (Å²) in [6.07, 6.45) is 1.39. The second-order valence-electron chi connectivity index (χ2n) is 4.19. The maximum atomic E-state index is 11.9. The molecule has 1 aliphatic heterocycles. The van der Waals surface area contributed by atoms with Crippen molar-refractivity contribution < 1.29 is 17.9 Å². The Labute approximate surface area is 101 Å². The molecule has 0 radical (unpaired) electrons. The van der Waals surface area contributed by atoms with Crippen LogP contribution in [0.1, 0.15) is 27.9 Å². The summed E-state index contributed by atoms with van der Waals surface area (Å²) in [5, 5.41) is 0. The van der Waals surface area contributed by atoms with Crippen molar-refractivity contribution in [2.24, 2.45) is 0 Å². The first kappa shape index (κ1) is 12.1.